The number of hydrogen-bond donors (Lipinski definition) is 1. The van der Waals surface area contributed by atoms with Crippen LogP contribution in [0, 0.1) is 5.92 Å². The summed E-state index contributed by atoms with van der Waals surface area (Å²) in [6, 6.07) is 0. The van der Waals surface area contributed by atoms with Gasteiger partial charge >= 0.3 is 11.9 Å². The van der Waals surface area contributed by atoms with Crippen molar-refractivity contribution in [2.75, 3.05) is 0 Å². The molecule has 4 heteroatoms. The Morgan fingerprint density at radius 3 is 2.92 bits per heavy atom. The van der Waals surface area contributed by atoms with Crippen LogP contribution in [0.4, 0.5) is 0 Å². The molecule has 1 aliphatic heterocycles. The number of carboxylic acid groups (broad SMARTS) is 1. The highest BCUT2D eigenvalue weighted by Gasteiger charge is 2.39. The van der Waals surface area contributed by atoms with E-state index in [1.54, 1.807) is 6.08 Å². The number of aliphatic carboxylic acids is 1. The average molecular weight is 168 g/mol. The minimum absolute atomic E-state index is 0.00333. The van der Waals surface area contributed by atoms with E-state index in [1.807, 2.05) is 0 Å². The second-order valence-corrected chi connectivity index (χ2v) is 3.10. The zero-order valence-corrected chi connectivity index (χ0v) is 6.32. The first-order chi connectivity index (χ1) is 5.66. The molecule has 0 unspecified atom stereocenters. The molecule has 0 amide bonds. The van der Waals surface area contributed by atoms with Crippen molar-refractivity contribution in [3.8, 4) is 0 Å². The van der Waals surface area contributed by atoms with Crippen molar-refractivity contribution in [2.24, 2.45) is 5.92 Å². The van der Waals surface area contributed by atoms with Crippen molar-refractivity contribution in [3.63, 3.8) is 0 Å². The third-order valence-electron chi connectivity index (χ3n) is 2.27. The molecule has 0 radical (unpaired) electrons. The maximum absolute atomic E-state index is 10.7. The summed E-state index contributed by atoms with van der Waals surface area (Å²) in [7, 11) is 0. The average Bonchev–Trinajstić information content (AvgIpc) is 2.42. The van der Waals surface area contributed by atoms with Gasteiger partial charge in [0.2, 0.25) is 0 Å². The van der Waals surface area contributed by atoms with Crippen molar-refractivity contribution in [3.05, 3.63) is 11.6 Å². The van der Waals surface area contributed by atoms with Crippen LogP contribution in [0.3, 0.4) is 0 Å². The molecule has 0 spiro atoms. The van der Waals surface area contributed by atoms with Crippen LogP contribution in [-0.4, -0.2) is 23.1 Å². The van der Waals surface area contributed by atoms with Crippen LogP contribution < -0.4 is 0 Å². The summed E-state index contributed by atoms with van der Waals surface area (Å²) >= 11 is 0. The van der Waals surface area contributed by atoms with Gasteiger partial charge in [-0.1, -0.05) is 6.08 Å². The second kappa shape index (κ2) is 2.33. The predicted octanol–water partition coefficient (Wildman–Crippen LogP) is 0.333. The molecule has 0 aromatic rings. The van der Waals surface area contributed by atoms with Crippen molar-refractivity contribution in [1.29, 1.82) is 0 Å². The van der Waals surface area contributed by atoms with Gasteiger partial charge in [0.1, 0.15) is 6.10 Å². The number of fused-ring (bicyclic) bond motifs is 1. The Kier molecular flexibility index (Phi) is 1.43. The molecule has 0 aromatic heterocycles. The van der Waals surface area contributed by atoms with Gasteiger partial charge < -0.3 is 9.84 Å². The molecule has 1 N–H and O–H groups in total. The van der Waals surface area contributed by atoms with Crippen LogP contribution in [0.15, 0.2) is 11.6 Å². The molecule has 1 heterocycles. The summed E-state index contributed by atoms with van der Waals surface area (Å²) in [5, 5.41) is 8.63. The Labute approximate surface area is 68.8 Å². The van der Waals surface area contributed by atoms with Crippen LogP contribution in [0.1, 0.15) is 12.8 Å². The van der Waals surface area contributed by atoms with Crippen molar-refractivity contribution < 1.29 is 19.4 Å². The summed E-state index contributed by atoms with van der Waals surface area (Å²) in [5.74, 6) is -1.12. The Balaban J connectivity index is 2.15. The molecule has 12 heavy (non-hydrogen) atoms. The quantitative estimate of drug-likeness (QED) is 0.573. The van der Waals surface area contributed by atoms with Crippen molar-refractivity contribution >= 4 is 11.9 Å². The number of rotatable bonds is 1. The van der Waals surface area contributed by atoms with Gasteiger partial charge in [-0.3, -0.25) is 4.79 Å². The largest absolute Gasteiger partial charge is 0.478 e. The lowest BCUT2D eigenvalue weighted by atomic mass is 10.1. The highest BCUT2D eigenvalue weighted by atomic mass is 16.5. The lowest BCUT2D eigenvalue weighted by molar-refractivity contribution is -0.142. The first kappa shape index (κ1) is 7.34. The Morgan fingerprint density at radius 1 is 1.58 bits per heavy atom. The normalized spacial score (nSPS) is 32.7. The molecule has 1 fully saturated rings. The Morgan fingerprint density at radius 2 is 2.33 bits per heavy atom. The Hall–Kier alpha value is -1.32. The zero-order valence-electron chi connectivity index (χ0n) is 6.32. The summed E-state index contributed by atoms with van der Waals surface area (Å²) in [5.41, 5.74) is 0.373. The maximum atomic E-state index is 10.7. The lowest BCUT2D eigenvalue weighted by Gasteiger charge is -2.04. The third kappa shape index (κ3) is 0.995. The minimum Gasteiger partial charge on any atom is -0.478 e. The van der Waals surface area contributed by atoms with E-state index in [-0.39, 0.29) is 18.0 Å². The van der Waals surface area contributed by atoms with E-state index in [9.17, 15) is 9.59 Å². The van der Waals surface area contributed by atoms with E-state index in [4.69, 9.17) is 9.84 Å². The molecular formula is C8H8O4. The summed E-state index contributed by atoms with van der Waals surface area (Å²) < 4.78 is 4.91. The predicted molar refractivity (Wildman–Crippen MR) is 38.3 cm³/mol. The smallest absolute Gasteiger partial charge is 0.331 e. The Bertz CT molecular complexity index is 279. The molecule has 1 aliphatic carbocycles. The fourth-order valence-electron chi connectivity index (χ4n) is 1.69. The number of esters is 1. The topological polar surface area (TPSA) is 63.6 Å². The second-order valence-electron chi connectivity index (χ2n) is 3.10. The van der Waals surface area contributed by atoms with E-state index < -0.39 is 5.97 Å². The molecule has 0 bridgehead atoms. The number of hydrogen-bond acceptors (Lipinski definition) is 3. The van der Waals surface area contributed by atoms with E-state index >= 15 is 0 Å². The van der Waals surface area contributed by atoms with Gasteiger partial charge in [0.15, 0.2) is 0 Å². The summed E-state index contributed by atoms with van der Waals surface area (Å²) in [4.78, 5) is 21.2. The van der Waals surface area contributed by atoms with Crippen LogP contribution >= 0.6 is 0 Å². The SMILES string of the molecule is O=C1C[C@@H]2C=C(C(=O)O)C[C@@H]2O1. The minimum atomic E-state index is -0.902. The van der Waals surface area contributed by atoms with Gasteiger partial charge in [-0.25, -0.2) is 4.79 Å². The molecule has 0 saturated carbocycles. The van der Waals surface area contributed by atoms with Gasteiger partial charge in [-0.05, 0) is 0 Å². The lowest BCUT2D eigenvalue weighted by Crippen LogP contribution is -2.10. The van der Waals surface area contributed by atoms with E-state index in [0.717, 1.165) is 0 Å². The molecule has 2 rings (SSSR count). The maximum Gasteiger partial charge on any atom is 0.331 e. The molecule has 1 saturated heterocycles. The standard InChI is InChI=1S/C8H8O4/c9-7-3-4-1-5(8(10)11)2-6(4)12-7/h1,4,6H,2-3H2,(H,10,11)/t4-,6-/m0/s1. The molecule has 0 aromatic carbocycles. The monoisotopic (exact) mass is 168 g/mol. The fraction of sp³-hybridized carbons (Fsp3) is 0.500. The number of carboxylic acids is 1. The van der Waals surface area contributed by atoms with Crippen LogP contribution in [0.2, 0.25) is 0 Å². The highest BCUT2D eigenvalue weighted by molar-refractivity contribution is 5.88. The van der Waals surface area contributed by atoms with Gasteiger partial charge in [-0.15, -0.1) is 0 Å². The van der Waals surface area contributed by atoms with Gasteiger partial charge in [0.25, 0.3) is 0 Å². The van der Waals surface area contributed by atoms with E-state index in [0.29, 0.717) is 18.4 Å². The van der Waals surface area contributed by atoms with Crippen LogP contribution in [-0.2, 0) is 14.3 Å². The molecule has 64 valence electrons. The molecular weight excluding hydrogens is 160 g/mol. The number of ether oxygens (including phenoxy) is 1. The van der Waals surface area contributed by atoms with E-state index in [2.05, 4.69) is 0 Å². The molecule has 2 aliphatic rings. The number of carbonyl (C=O) groups is 2. The highest BCUT2D eigenvalue weighted by Crippen LogP contribution is 2.35. The zero-order chi connectivity index (χ0) is 8.72. The summed E-state index contributed by atoms with van der Waals surface area (Å²) in [6.07, 6.45) is 2.13. The first-order valence-electron chi connectivity index (χ1n) is 3.80. The number of carbonyl (C=O) groups excluding carboxylic acids is 1. The van der Waals surface area contributed by atoms with Crippen molar-refractivity contribution in [2.45, 2.75) is 18.9 Å². The van der Waals surface area contributed by atoms with Crippen LogP contribution in [0.5, 0.6) is 0 Å². The van der Waals surface area contributed by atoms with Gasteiger partial charge in [-0.2, -0.15) is 0 Å². The molecule has 4 nitrogen and oxygen atoms in total. The van der Waals surface area contributed by atoms with Gasteiger partial charge in [0, 0.05) is 17.9 Å². The van der Waals surface area contributed by atoms with Gasteiger partial charge in [0.05, 0.1) is 6.42 Å². The van der Waals surface area contributed by atoms with Crippen LogP contribution in [0.25, 0.3) is 0 Å². The van der Waals surface area contributed by atoms with E-state index in [1.165, 1.54) is 0 Å². The summed E-state index contributed by atoms with van der Waals surface area (Å²) in [6.45, 7) is 0. The third-order valence-corrected chi connectivity index (χ3v) is 2.27. The first-order valence-corrected chi connectivity index (χ1v) is 3.80. The fourth-order valence-corrected chi connectivity index (χ4v) is 1.69. The molecule has 2 atom stereocenters. The van der Waals surface area contributed by atoms with Crippen molar-refractivity contribution in [1.82, 2.24) is 0 Å².